The maximum Gasteiger partial charge on any atom is 0.143 e. The lowest BCUT2D eigenvalue weighted by molar-refractivity contribution is 0.240. The highest BCUT2D eigenvalue weighted by atomic mass is 16.5. The molecule has 0 amide bonds. The monoisotopic (exact) mass is 264 g/mol. The normalized spacial score (nSPS) is 21.1. The minimum atomic E-state index is 0.0570. The molecule has 1 nitrogen and oxygen atoms in total. The van der Waals surface area contributed by atoms with E-state index in [1.807, 2.05) is 0 Å². The summed E-state index contributed by atoms with van der Waals surface area (Å²) in [6.07, 6.45) is 8.73. The Morgan fingerprint density at radius 2 is 1.75 bits per heavy atom. The maximum atomic E-state index is 6.19. The number of rotatable bonds is 1. The van der Waals surface area contributed by atoms with Crippen molar-refractivity contribution in [3.63, 3.8) is 0 Å². The van der Waals surface area contributed by atoms with Gasteiger partial charge in [-0.1, -0.05) is 29.9 Å². The molecule has 0 radical (unpaired) electrons. The second-order valence-corrected chi connectivity index (χ2v) is 5.73. The van der Waals surface area contributed by atoms with Crippen LogP contribution in [0.5, 0.6) is 0 Å². The molecule has 3 rings (SSSR count). The molecular formula is C19H20O. The van der Waals surface area contributed by atoms with Crippen molar-refractivity contribution in [2.45, 2.75) is 33.8 Å². The second kappa shape index (κ2) is 4.82. The average molecular weight is 264 g/mol. The molecule has 102 valence electrons. The third-order valence-corrected chi connectivity index (χ3v) is 4.08. The summed E-state index contributed by atoms with van der Waals surface area (Å²) in [7, 11) is 0. The predicted molar refractivity (Wildman–Crippen MR) is 84.4 cm³/mol. The second-order valence-electron chi connectivity index (χ2n) is 5.73. The van der Waals surface area contributed by atoms with Gasteiger partial charge < -0.3 is 4.74 Å². The quantitative estimate of drug-likeness (QED) is 0.702. The van der Waals surface area contributed by atoms with E-state index in [4.69, 9.17) is 4.74 Å². The summed E-state index contributed by atoms with van der Waals surface area (Å²) in [5.41, 5.74) is 7.60. The van der Waals surface area contributed by atoms with Gasteiger partial charge in [0.1, 0.15) is 11.9 Å². The van der Waals surface area contributed by atoms with E-state index in [1.165, 1.54) is 27.8 Å². The number of fused-ring (bicyclic) bond motifs is 1. The van der Waals surface area contributed by atoms with Crippen molar-refractivity contribution in [3.05, 3.63) is 75.9 Å². The molecule has 1 aliphatic carbocycles. The lowest BCUT2D eigenvalue weighted by Crippen LogP contribution is -2.19. The van der Waals surface area contributed by atoms with Crippen LogP contribution in [0.2, 0.25) is 0 Å². The number of benzene rings is 1. The molecular weight excluding hydrogens is 244 g/mol. The van der Waals surface area contributed by atoms with E-state index >= 15 is 0 Å². The number of hydrogen-bond donors (Lipinski definition) is 0. The maximum absolute atomic E-state index is 6.19. The largest absolute Gasteiger partial charge is 0.481 e. The van der Waals surface area contributed by atoms with E-state index in [0.29, 0.717) is 0 Å². The van der Waals surface area contributed by atoms with Crippen molar-refractivity contribution in [1.82, 2.24) is 0 Å². The van der Waals surface area contributed by atoms with Gasteiger partial charge in [0.25, 0.3) is 0 Å². The molecule has 0 spiro atoms. The first-order valence-corrected chi connectivity index (χ1v) is 7.08. The molecule has 0 N–H and O–H groups in total. The molecule has 0 bridgehead atoms. The summed E-state index contributed by atoms with van der Waals surface area (Å²) in [6, 6.07) is 6.48. The Labute approximate surface area is 121 Å². The van der Waals surface area contributed by atoms with Gasteiger partial charge in [-0.05, 0) is 68.2 Å². The van der Waals surface area contributed by atoms with Crippen molar-refractivity contribution < 1.29 is 4.74 Å². The van der Waals surface area contributed by atoms with E-state index in [0.717, 1.165) is 11.3 Å². The zero-order valence-corrected chi connectivity index (χ0v) is 12.5. The fourth-order valence-corrected chi connectivity index (χ4v) is 2.75. The summed E-state index contributed by atoms with van der Waals surface area (Å²) >= 11 is 0. The van der Waals surface area contributed by atoms with Gasteiger partial charge in [0.2, 0.25) is 0 Å². The van der Waals surface area contributed by atoms with Gasteiger partial charge in [-0.15, -0.1) is 0 Å². The highest BCUT2D eigenvalue weighted by Crippen LogP contribution is 2.33. The number of ether oxygens (including phenoxy) is 1. The lowest BCUT2D eigenvalue weighted by atomic mass is 9.91. The Bertz CT molecular complexity index is 684. The zero-order valence-electron chi connectivity index (χ0n) is 12.5. The highest BCUT2D eigenvalue weighted by molar-refractivity contribution is 5.66. The smallest absolute Gasteiger partial charge is 0.143 e. The minimum absolute atomic E-state index is 0.0570. The topological polar surface area (TPSA) is 9.23 Å². The molecule has 0 saturated carbocycles. The zero-order chi connectivity index (χ0) is 14.3. The third kappa shape index (κ3) is 2.24. The van der Waals surface area contributed by atoms with Crippen LogP contribution in [0.1, 0.15) is 30.5 Å². The van der Waals surface area contributed by atoms with Crippen LogP contribution in [0.15, 0.2) is 59.2 Å². The van der Waals surface area contributed by atoms with Gasteiger partial charge >= 0.3 is 0 Å². The molecule has 0 fully saturated rings. The van der Waals surface area contributed by atoms with E-state index in [2.05, 4.69) is 70.2 Å². The Hall–Kier alpha value is -2.02. The average Bonchev–Trinajstić information content (AvgIpc) is 2.41. The van der Waals surface area contributed by atoms with Crippen LogP contribution in [-0.4, -0.2) is 6.10 Å². The summed E-state index contributed by atoms with van der Waals surface area (Å²) in [5, 5.41) is 0. The van der Waals surface area contributed by atoms with E-state index in [1.54, 1.807) is 0 Å². The summed E-state index contributed by atoms with van der Waals surface area (Å²) in [5.74, 6) is 0.959. The summed E-state index contributed by atoms with van der Waals surface area (Å²) < 4.78 is 6.19. The molecule has 1 heteroatoms. The Kier molecular flexibility index (Phi) is 3.13. The van der Waals surface area contributed by atoms with Crippen molar-refractivity contribution in [1.29, 1.82) is 0 Å². The number of aryl methyl sites for hydroxylation is 2. The molecule has 2 aliphatic rings. The lowest BCUT2D eigenvalue weighted by Gasteiger charge is -2.28. The van der Waals surface area contributed by atoms with Crippen molar-refractivity contribution >= 4 is 5.76 Å². The summed E-state index contributed by atoms with van der Waals surface area (Å²) in [4.78, 5) is 0. The molecule has 1 aromatic carbocycles. The summed E-state index contributed by atoms with van der Waals surface area (Å²) in [6.45, 7) is 8.54. The number of allylic oxidation sites excluding steroid dienone is 4. The van der Waals surface area contributed by atoms with Gasteiger partial charge in [0.05, 0.1) is 0 Å². The highest BCUT2D eigenvalue weighted by Gasteiger charge is 2.23. The first-order valence-electron chi connectivity index (χ1n) is 7.08. The molecule has 20 heavy (non-hydrogen) atoms. The molecule has 1 unspecified atom stereocenters. The number of hydrogen-bond acceptors (Lipinski definition) is 1. The first-order chi connectivity index (χ1) is 9.54. The SMILES string of the molecule is CC1=CC2OC(c3ccc(C)c(C)c3)=CC=C2C(C)=C1. The Morgan fingerprint density at radius 3 is 2.50 bits per heavy atom. The van der Waals surface area contributed by atoms with Gasteiger partial charge in [0, 0.05) is 5.56 Å². The van der Waals surface area contributed by atoms with E-state index in [9.17, 15) is 0 Å². The van der Waals surface area contributed by atoms with E-state index in [-0.39, 0.29) is 6.10 Å². The van der Waals surface area contributed by atoms with Crippen molar-refractivity contribution in [3.8, 4) is 0 Å². The predicted octanol–water partition coefficient (Wildman–Crippen LogP) is 4.88. The van der Waals surface area contributed by atoms with Crippen molar-refractivity contribution in [2.24, 2.45) is 0 Å². The minimum Gasteiger partial charge on any atom is -0.481 e. The fourth-order valence-electron chi connectivity index (χ4n) is 2.75. The standard InChI is InChI=1S/C19H20O/c1-12-9-15(4)17-7-8-18(20-19(17)10-12)16-6-5-13(2)14(3)11-16/h5-11,19H,1-4H3. The molecule has 0 aromatic heterocycles. The Morgan fingerprint density at radius 1 is 0.950 bits per heavy atom. The van der Waals surface area contributed by atoms with Crippen LogP contribution in [0.25, 0.3) is 5.76 Å². The van der Waals surface area contributed by atoms with Crippen LogP contribution < -0.4 is 0 Å². The molecule has 0 saturated heterocycles. The third-order valence-electron chi connectivity index (χ3n) is 4.08. The van der Waals surface area contributed by atoms with E-state index < -0.39 is 0 Å². The van der Waals surface area contributed by atoms with Gasteiger partial charge in [-0.3, -0.25) is 0 Å². The van der Waals surface area contributed by atoms with Crippen LogP contribution in [0.3, 0.4) is 0 Å². The van der Waals surface area contributed by atoms with Gasteiger partial charge in [-0.25, -0.2) is 0 Å². The van der Waals surface area contributed by atoms with Crippen molar-refractivity contribution in [2.75, 3.05) is 0 Å². The molecule has 1 atom stereocenters. The van der Waals surface area contributed by atoms with Crippen LogP contribution >= 0.6 is 0 Å². The fraction of sp³-hybridized carbons (Fsp3) is 0.263. The van der Waals surface area contributed by atoms with Crippen LogP contribution in [0, 0.1) is 13.8 Å². The van der Waals surface area contributed by atoms with Crippen LogP contribution in [-0.2, 0) is 4.74 Å². The molecule has 1 aliphatic heterocycles. The van der Waals surface area contributed by atoms with Gasteiger partial charge in [0.15, 0.2) is 0 Å². The van der Waals surface area contributed by atoms with Crippen LogP contribution in [0.4, 0.5) is 0 Å². The molecule has 1 aromatic rings. The molecule has 1 heterocycles. The first kappa shape index (κ1) is 13.0. The Balaban J connectivity index is 1.98. The van der Waals surface area contributed by atoms with Gasteiger partial charge in [-0.2, -0.15) is 0 Å².